The number of non-ortho nitro benzene ring substituents is 1. The molecule has 0 saturated heterocycles. The molecule has 3 aromatic carbocycles. The van der Waals surface area contributed by atoms with Gasteiger partial charge in [-0.05, 0) is 55.7 Å². The van der Waals surface area contributed by atoms with Gasteiger partial charge in [-0.2, -0.15) is 0 Å². The first-order valence-electron chi connectivity index (χ1n) is 13.5. The average molecular weight is 514 g/mol. The fourth-order valence-electron chi connectivity index (χ4n) is 5.30. The molecule has 1 heterocycles. The SMILES string of the molecule is CCCCCCCC(=O)N1c2ccccc2[C@H](N(C(=O)c2ccc([N+](=O)[O-])cc2)c2ccccc2)C[C@H]1C. The summed E-state index contributed by atoms with van der Waals surface area (Å²) in [5, 5.41) is 11.1. The van der Waals surface area contributed by atoms with Gasteiger partial charge >= 0.3 is 0 Å². The maximum absolute atomic E-state index is 14.0. The summed E-state index contributed by atoms with van der Waals surface area (Å²) in [6, 6.07) is 22.6. The predicted molar refractivity (Wildman–Crippen MR) is 150 cm³/mol. The second-order valence-electron chi connectivity index (χ2n) is 9.90. The van der Waals surface area contributed by atoms with E-state index >= 15 is 0 Å². The Morgan fingerprint density at radius 1 is 0.921 bits per heavy atom. The molecule has 1 aliphatic heterocycles. The summed E-state index contributed by atoms with van der Waals surface area (Å²) in [7, 11) is 0. The van der Waals surface area contributed by atoms with Crippen molar-refractivity contribution >= 4 is 28.9 Å². The van der Waals surface area contributed by atoms with Crippen molar-refractivity contribution < 1.29 is 14.5 Å². The van der Waals surface area contributed by atoms with Crippen LogP contribution in [-0.2, 0) is 4.79 Å². The van der Waals surface area contributed by atoms with E-state index in [9.17, 15) is 19.7 Å². The number of unbranched alkanes of at least 4 members (excludes halogenated alkanes) is 4. The molecule has 0 unspecified atom stereocenters. The van der Waals surface area contributed by atoms with Crippen molar-refractivity contribution in [2.24, 2.45) is 0 Å². The number of fused-ring (bicyclic) bond motifs is 1. The number of anilines is 2. The van der Waals surface area contributed by atoms with Crippen molar-refractivity contribution in [2.45, 2.75) is 70.9 Å². The number of nitro groups is 1. The highest BCUT2D eigenvalue weighted by molar-refractivity contribution is 6.07. The maximum atomic E-state index is 14.0. The van der Waals surface area contributed by atoms with Gasteiger partial charge in [0.25, 0.3) is 11.6 Å². The second kappa shape index (κ2) is 12.5. The van der Waals surface area contributed by atoms with Crippen molar-refractivity contribution in [2.75, 3.05) is 9.80 Å². The summed E-state index contributed by atoms with van der Waals surface area (Å²) >= 11 is 0. The van der Waals surface area contributed by atoms with E-state index < -0.39 is 4.92 Å². The van der Waals surface area contributed by atoms with Crippen LogP contribution in [0.15, 0.2) is 78.9 Å². The number of hydrogen-bond donors (Lipinski definition) is 0. The first-order chi connectivity index (χ1) is 18.4. The Hall–Kier alpha value is -4.00. The van der Waals surface area contributed by atoms with Crippen LogP contribution in [0, 0.1) is 10.1 Å². The Morgan fingerprint density at radius 2 is 1.58 bits per heavy atom. The third-order valence-electron chi connectivity index (χ3n) is 7.21. The molecule has 38 heavy (non-hydrogen) atoms. The van der Waals surface area contributed by atoms with Gasteiger partial charge < -0.3 is 9.80 Å². The van der Waals surface area contributed by atoms with Crippen molar-refractivity contribution in [3.63, 3.8) is 0 Å². The van der Waals surface area contributed by atoms with Gasteiger partial charge in [0.15, 0.2) is 0 Å². The molecular formula is C31H35N3O4. The molecule has 0 saturated carbocycles. The van der Waals surface area contributed by atoms with Crippen LogP contribution in [0.25, 0.3) is 0 Å². The Bertz CT molecular complexity index is 1260. The first-order valence-corrected chi connectivity index (χ1v) is 13.5. The quantitative estimate of drug-likeness (QED) is 0.160. The summed E-state index contributed by atoms with van der Waals surface area (Å²) < 4.78 is 0. The molecule has 198 valence electrons. The molecule has 1 aliphatic rings. The second-order valence-corrected chi connectivity index (χ2v) is 9.90. The number of amides is 2. The van der Waals surface area contributed by atoms with Crippen molar-refractivity contribution in [1.29, 1.82) is 0 Å². The molecule has 0 N–H and O–H groups in total. The zero-order valence-corrected chi connectivity index (χ0v) is 22.1. The van der Waals surface area contributed by atoms with E-state index in [0.29, 0.717) is 18.4 Å². The lowest BCUT2D eigenvalue weighted by molar-refractivity contribution is -0.384. The Kier molecular flexibility index (Phi) is 8.89. The standard InChI is InChI=1S/C31H35N3O4/c1-3-4-5-6-10-17-30(35)32-23(2)22-29(27-15-11-12-16-28(27)32)33(25-13-8-7-9-14-25)31(36)24-18-20-26(21-19-24)34(37)38/h7-9,11-16,18-21,23,29H,3-6,10,17,22H2,1-2H3/t23-,29-/m1/s1. The highest BCUT2D eigenvalue weighted by Gasteiger charge is 2.38. The summed E-state index contributed by atoms with van der Waals surface area (Å²) in [5.41, 5.74) is 2.80. The van der Waals surface area contributed by atoms with Crippen LogP contribution in [0.2, 0.25) is 0 Å². The van der Waals surface area contributed by atoms with E-state index in [-0.39, 0.29) is 29.6 Å². The predicted octanol–water partition coefficient (Wildman–Crippen LogP) is 7.47. The van der Waals surface area contributed by atoms with Crippen molar-refractivity contribution in [3.8, 4) is 0 Å². The Morgan fingerprint density at radius 3 is 2.26 bits per heavy atom. The van der Waals surface area contributed by atoms with Gasteiger partial charge in [0.2, 0.25) is 5.91 Å². The minimum atomic E-state index is -0.475. The molecule has 7 heteroatoms. The highest BCUT2D eigenvalue weighted by atomic mass is 16.6. The molecule has 0 radical (unpaired) electrons. The summed E-state index contributed by atoms with van der Waals surface area (Å²) in [4.78, 5) is 41.7. The smallest absolute Gasteiger partial charge is 0.269 e. The zero-order valence-electron chi connectivity index (χ0n) is 22.1. The van der Waals surface area contributed by atoms with Gasteiger partial charge in [-0.15, -0.1) is 0 Å². The molecule has 7 nitrogen and oxygen atoms in total. The minimum absolute atomic E-state index is 0.0618. The minimum Gasteiger partial charge on any atom is -0.309 e. The summed E-state index contributed by atoms with van der Waals surface area (Å²) in [6.45, 7) is 4.22. The first kappa shape index (κ1) is 27.0. The molecule has 3 aromatic rings. The number of nitrogens with zero attached hydrogens (tertiary/aromatic N) is 3. The van der Waals surface area contributed by atoms with Gasteiger partial charge in [0.05, 0.1) is 11.0 Å². The number of benzene rings is 3. The summed E-state index contributed by atoms with van der Waals surface area (Å²) in [5.74, 6) is -0.123. The van der Waals surface area contributed by atoms with Crippen LogP contribution < -0.4 is 9.80 Å². The van der Waals surface area contributed by atoms with Crippen LogP contribution >= 0.6 is 0 Å². The van der Waals surface area contributed by atoms with E-state index in [0.717, 1.165) is 36.2 Å². The lowest BCUT2D eigenvalue weighted by atomic mass is 9.89. The van der Waals surface area contributed by atoms with Gasteiger partial charge in [-0.25, -0.2) is 0 Å². The Balaban J connectivity index is 1.68. The monoisotopic (exact) mass is 513 g/mol. The van der Waals surface area contributed by atoms with Crippen LogP contribution in [0.4, 0.5) is 17.1 Å². The number of nitro benzene ring substituents is 1. The van der Waals surface area contributed by atoms with E-state index in [2.05, 4.69) is 6.92 Å². The lowest BCUT2D eigenvalue weighted by Crippen LogP contribution is -2.47. The third-order valence-corrected chi connectivity index (χ3v) is 7.21. The average Bonchev–Trinajstić information content (AvgIpc) is 2.93. The van der Waals surface area contributed by atoms with Gasteiger partial charge in [-0.1, -0.05) is 69.0 Å². The van der Waals surface area contributed by atoms with E-state index in [4.69, 9.17) is 0 Å². The topological polar surface area (TPSA) is 83.8 Å². The number of carbonyl (C=O) groups is 2. The normalized spacial score (nSPS) is 16.5. The highest BCUT2D eigenvalue weighted by Crippen LogP contribution is 2.43. The molecule has 0 aliphatic carbocycles. The number of hydrogen-bond acceptors (Lipinski definition) is 4. The van der Waals surface area contributed by atoms with E-state index in [1.807, 2.05) is 66.4 Å². The number of carbonyl (C=O) groups excluding carboxylic acids is 2. The summed E-state index contributed by atoms with van der Waals surface area (Å²) in [6.07, 6.45) is 6.53. The molecule has 0 fully saturated rings. The fourth-order valence-corrected chi connectivity index (χ4v) is 5.30. The van der Waals surface area contributed by atoms with Crippen LogP contribution in [0.3, 0.4) is 0 Å². The molecule has 4 rings (SSSR count). The van der Waals surface area contributed by atoms with Crippen molar-refractivity contribution in [3.05, 3.63) is 100 Å². The van der Waals surface area contributed by atoms with Gasteiger partial charge in [-0.3, -0.25) is 19.7 Å². The molecule has 0 bridgehead atoms. The molecule has 2 amide bonds. The largest absolute Gasteiger partial charge is 0.309 e. The van der Waals surface area contributed by atoms with Gasteiger partial charge in [0, 0.05) is 41.5 Å². The fraction of sp³-hybridized carbons (Fsp3) is 0.355. The van der Waals surface area contributed by atoms with Crippen LogP contribution in [0.1, 0.15) is 80.8 Å². The Labute approximate surface area is 224 Å². The van der Waals surface area contributed by atoms with Crippen LogP contribution in [-0.4, -0.2) is 22.8 Å². The van der Waals surface area contributed by atoms with E-state index in [1.54, 1.807) is 4.90 Å². The molecule has 0 aromatic heterocycles. The molecule has 0 spiro atoms. The number of rotatable bonds is 10. The maximum Gasteiger partial charge on any atom is 0.269 e. The number of para-hydroxylation sites is 2. The van der Waals surface area contributed by atoms with Crippen molar-refractivity contribution in [1.82, 2.24) is 0 Å². The van der Waals surface area contributed by atoms with Crippen LogP contribution in [0.5, 0.6) is 0 Å². The zero-order chi connectivity index (χ0) is 27.1. The molecular weight excluding hydrogens is 478 g/mol. The third kappa shape index (κ3) is 5.93. The van der Waals surface area contributed by atoms with E-state index in [1.165, 1.54) is 37.1 Å². The molecule has 2 atom stereocenters. The van der Waals surface area contributed by atoms with Gasteiger partial charge in [0.1, 0.15) is 0 Å². The lowest BCUT2D eigenvalue weighted by Gasteiger charge is -2.43.